The number of esters is 1. The van der Waals surface area contributed by atoms with Crippen molar-refractivity contribution in [3.05, 3.63) is 34.9 Å². The van der Waals surface area contributed by atoms with Gasteiger partial charge < -0.3 is 10.5 Å². The van der Waals surface area contributed by atoms with Crippen LogP contribution in [0.3, 0.4) is 0 Å². The number of rotatable bonds is 5. The molecule has 1 aromatic carbocycles. The van der Waals surface area contributed by atoms with E-state index in [1.54, 1.807) is 0 Å². The number of likely N-dealkylation sites (tertiary alicyclic amines) is 1. The number of benzene rings is 1. The second-order valence-corrected chi connectivity index (χ2v) is 6.53. The number of aryl methyl sites for hydroxylation is 2. The maximum Gasteiger partial charge on any atom is 0.322 e. The van der Waals surface area contributed by atoms with Crippen molar-refractivity contribution in [1.29, 1.82) is 0 Å². The van der Waals surface area contributed by atoms with E-state index in [2.05, 4.69) is 36.9 Å². The van der Waals surface area contributed by atoms with E-state index in [9.17, 15) is 4.79 Å². The molecule has 0 radical (unpaired) electrons. The number of hydrogen-bond donors (Lipinski definition) is 1. The van der Waals surface area contributed by atoms with Crippen LogP contribution >= 0.6 is 0 Å². The molecule has 1 aromatic rings. The molecule has 122 valence electrons. The van der Waals surface area contributed by atoms with Crippen LogP contribution in [0.25, 0.3) is 0 Å². The van der Waals surface area contributed by atoms with Gasteiger partial charge in [0.25, 0.3) is 0 Å². The number of piperidine rings is 1. The highest BCUT2D eigenvalue weighted by Crippen LogP contribution is 2.23. The highest BCUT2D eigenvalue weighted by Gasteiger charge is 2.25. The molecule has 0 saturated carbocycles. The maximum absolute atomic E-state index is 11.5. The van der Waals surface area contributed by atoms with Crippen LogP contribution in [0.4, 0.5) is 0 Å². The molecule has 22 heavy (non-hydrogen) atoms. The molecule has 0 spiro atoms. The van der Waals surface area contributed by atoms with Gasteiger partial charge in [0.05, 0.1) is 7.11 Å². The largest absolute Gasteiger partial charge is 0.468 e. The summed E-state index contributed by atoms with van der Waals surface area (Å²) in [5, 5.41) is 0. The van der Waals surface area contributed by atoms with Gasteiger partial charge in [0.15, 0.2) is 0 Å². The smallest absolute Gasteiger partial charge is 0.322 e. The van der Waals surface area contributed by atoms with E-state index in [1.165, 1.54) is 30.2 Å². The predicted octanol–water partition coefficient (Wildman–Crippen LogP) is 2.41. The van der Waals surface area contributed by atoms with Crippen molar-refractivity contribution >= 4 is 5.97 Å². The zero-order valence-corrected chi connectivity index (χ0v) is 14.0. The lowest BCUT2D eigenvalue weighted by Crippen LogP contribution is -2.40. The summed E-state index contributed by atoms with van der Waals surface area (Å²) in [6, 6.07) is 6.20. The molecule has 2 rings (SSSR count). The van der Waals surface area contributed by atoms with Crippen LogP contribution < -0.4 is 5.73 Å². The van der Waals surface area contributed by atoms with Gasteiger partial charge in [-0.05, 0) is 62.3 Å². The monoisotopic (exact) mass is 304 g/mol. The number of carbonyl (C=O) groups excluding carboxylic acids is 1. The summed E-state index contributed by atoms with van der Waals surface area (Å²) in [5.74, 6) is 0.181. The third-order valence-corrected chi connectivity index (χ3v) is 4.67. The van der Waals surface area contributed by atoms with Crippen LogP contribution in [-0.4, -0.2) is 37.1 Å². The molecular formula is C18H28N2O2. The van der Waals surface area contributed by atoms with E-state index in [0.717, 1.165) is 32.5 Å². The van der Waals surface area contributed by atoms with Gasteiger partial charge in [0.1, 0.15) is 6.04 Å². The zero-order valence-electron chi connectivity index (χ0n) is 14.0. The lowest BCUT2D eigenvalue weighted by atomic mass is 9.91. The summed E-state index contributed by atoms with van der Waals surface area (Å²) >= 11 is 0. The van der Waals surface area contributed by atoms with E-state index in [4.69, 9.17) is 10.5 Å². The predicted molar refractivity (Wildman–Crippen MR) is 88.5 cm³/mol. The Bertz CT molecular complexity index is 516. The average molecular weight is 304 g/mol. The van der Waals surface area contributed by atoms with Gasteiger partial charge >= 0.3 is 5.97 Å². The van der Waals surface area contributed by atoms with Crippen LogP contribution in [0.2, 0.25) is 0 Å². The normalized spacial score (nSPS) is 20.6. The zero-order chi connectivity index (χ0) is 16.1. The minimum Gasteiger partial charge on any atom is -0.468 e. The molecule has 1 heterocycles. The van der Waals surface area contributed by atoms with Crippen molar-refractivity contribution in [1.82, 2.24) is 4.90 Å². The first kappa shape index (κ1) is 17.0. The van der Waals surface area contributed by atoms with Gasteiger partial charge in [0.2, 0.25) is 0 Å². The Balaban J connectivity index is 1.90. The highest BCUT2D eigenvalue weighted by atomic mass is 16.5. The SMILES string of the molecule is COC(=O)C(N)CC1CCCN(Cc2ccc(C)c(C)c2)C1. The first-order valence-corrected chi connectivity index (χ1v) is 8.11. The minimum atomic E-state index is -0.489. The minimum absolute atomic E-state index is 0.300. The van der Waals surface area contributed by atoms with Gasteiger partial charge in [0, 0.05) is 13.1 Å². The molecule has 0 aromatic heterocycles. The molecule has 4 heteroatoms. The van der Waals surface area contributed by atoms with E-state index >= 15 is 0 Å². The number of ether oxygens (including phenoxy) is 1. The molecule has 1 saturated heterocycles. The second-order valence-electron chi connectivity index (χ2n) is 6.53. The lowest BCUT2D eigenvalue weighted by molar-refractivity contribution is -0.142. The standard InChI is InChI=1S/C18H28N2O2/c1-13-6-7-16(9-14(13)2)12-20-8-4-5-15(11-20)10-17(19)18(21)22-3/h6-7,9,15,17H,4-5,8,10-12,19H2,1-3H3. The second kappa shape index (κ2) is 7.75. The first-order chi connectivity index (χ1) is 10.5. The molecule has 2 atom stereocenters. The summed E-state index contributed by atoms with van der Waals surface area (Å²) in [7, 11) is 1.40. The summed E-state index contributed by atoms with van der Waals surface area (Å²) in [6.07, 6.45) is 3.04. The van der Waals surface area contributed by atoms with E-state index in [1.807, 2.05) is 0 Å². The third-order valence-electron chi connectivity index (χ3n) is 4.67. The molecule has 2 N–H and O–H groups in total. The van der Waals surface area contributed by atoms with E-state index in [0.29, 0.717) is 5.92 Å². The van der Waals surface area contributed by atoms with Crippen molar-refractivity contribution in [3.63, 3.8) is 0 Å². The number of nitrogens with zero attached hydrogens (tertiary/aromatic N) is 1. The Morgan fingerprint density at radius 3 is 2.86 bits per heavy atom. The van der Waals surface area contributed by atoms with Gasteiger partial charge in [-0.3, -0.25) is 9.69 Å². The number of carbonyl (C=O) groups is 1. The van der Waals surface area contributed by atoms with E-state index in [-0.39, 0.29) is 5.97 Å². The molecule has 1 fully saturated rings. The van der Waals surface area contributed by atoms with Gasteiger partial charge in [-0.15, -0.1) is 0 Å². The maximum atomic E-state index is 11.5. The summed E-state index contributed by atoms with van der Waals surface area (Å²) in [6.45, 7) is 7.41. The fourth-order valence-electron chi connectivity index (χ4n) is 3.25. The van der Waals surface area contributed by atoms with Crippen LogP contribution in [-0.2, 0) is 16.1 Å². The first-order valence-electron chi connectivity index (χ1n) is 8.11. The third kappa shape index (κ3) is 4.55. The summed E-state index contributed by atoms with van der Waals surface area (Å²) in [5.41, 5.74) is 9.95. The fraction of sp³-hybridized carbons (Fsp3) is 0.611. The lowest BCUT2D eigenvalue weighted by Gasteiger charge is -2.33. The summed E-state index contributed by atoms with van der Waals surface area (Å²) in [4.78, 5) is 13.9. The van der Waals surface area contributed by atoms with Crippen LogP contribution in [0.5, 0.6) is 0 Å². The highest BCUT2D eigenvalue weighted by molar-refractivity contribution is 5.75. The molecule has 0 amide bonds. The molecule has 2 unspecified atom stereocenters. The Morgan fingerprint density at radius 1 is 1.41 bits per heavy atom. The fourth-order valence-corrected chi connectivity index (χ4v) is 3.25. The average Bonchev–Trinajstić information content (AvgIpc) is 2.50. The van der Waals surface area contributed by atoms with E-state index < -0.39 is 6.04 Å². The van der Waals surface area contributed by atoms with Crippen molar-refractivity contribution in [2.24, 2.45) is 11.7 Å². The Labute approximate surface area is 133 Å². The Kier molecular flexibility index (Phi) is 5.98. The van der Waals surface area contributed by atoms with Crippen LogP contribution in [0.1, 0.15) is 36.0 Å². The van der Waals surface area contributed by atoms with Crippen molar-refractivity contribution in [2.75, 3.05) is 20.2 Å². The Morgan fingerprint density at radius 2 is 2.18 bits per heavy atom. The van der Waals surface area contributed by atoms with Crippen molar-refractivity contribution in [3.8, 4) is 0 Å². The van der Waals surface area contributed by atoms with Gasteiger partial charge in [-0.2, -0.15) is 0 Å². The summed E-state index contributed by atoms with van der Waals surface area (Å²) < 4.78 is 4.72. The molecular weight excluding hydrogens is 276 g/mol. The topological polar surface area (TPSA) is 55.6 Å². The molecule has 0 bridgehead atoms. The quantitative estimate of drug-likeness (QED) is 0.849. The van der Waals surface area contributed by atoms with Crippen molar-refractivity contribution < 1.29 is 9.53 Å². The van der Waals surface area contributed by atoms with Gasteiger partial charge in [-0.1, -0.05) is 18.2 Å². The Hall–Kier alpha value is -1.39. The van der Waals surface area contributed by atoms with Crippen LogP contribution in [0.15, 0.2) is 18.2 Å². The van der Waals surface area contributed by atoms with Crippen LogP contribution in [0, 0.1) is 19.8 Å². The van der Waals surface area contributed by atoms with Crippen molar-refractivity contribution in [2.45, 2.75) is 45.7 Å². The number of nitrogens with two attached hydrogens (primary N) is 1. The van der Waals surface area contributed by atoms with Gasteiger partial charge in [-0.25, -0.2) is 0 Å². The number of hydrogen-bond acceptors (Lipinski definition) is 4. The molecule has 4 nitrogen and oxygen atoms in total. The molecule has 1 aliphatic heterocycles. The molecule has 1 aliphatic rings. The number of methoxy groups -OCH3 is 1. The molecule has 0 aliphatic carbocycles.